The van der Waals surface area contributed by atoms with E-state index in [-0.39, 0.29) is 5.75 Å². The van der Waals surface area contributed by atoms with Crippen molar-refractivity contribution >= 4 is 21.6 Å². The summed E-state index contributed by atoms with van der Waals surface area (Å²) in [5, 5.41) is 7.58. The quantitative estimate of drug-likeness (QED) is 0.694. The van der Waals surface area contributed by atoms with Gasteiger partial charge in [-0.1, -0.05) is 6.07 Å². The van der Waals surface area contributed by atoms with Crippen LogP contribution in [0.3, 0.4) is 0 Å². The molecule has 0 aliphatic heterocycles. The van der Waals surface area contributed by atoms with Gasteiger partial charge in [-0.3, -0.25) is 5.10 Å². The van der Waals surface area contributed by atoms with E-state index in [1.165, 1.54) is 0 Å². The Balaban J connectivity index is 2.48. The Bertz CT molecular complexity index is 494. The molecule has 5 heteroatoms. The molecule has 0 amide bonds. The largest absolute Gasteiger partial charge is 0.278 e. The van der Waals surface area contributed by atoms with E-state index in [9.17, 15) is 8.42 Å². The number of aromatic nitrogens is 2. The molecule has 1 heterocycles. The van der Waals surface area contributed by atoms with Crippen molar-refractivity contribution in [3.8, 4) is 0 Å². The number of H-pyrrole nitrogens is 1. The van der Waals surface area contributed by atoms with E-state index in [1.807, 2.05) is 12.1 Å². The van der Waals surface area contributed by atoms with E-state index < -0.39 is 10.7 Å². The number of benzene rings is 1. The normalized spacial score (nSPS) is 11.2. The predicted octanol–water partition coefficient (Wildman–Crippen LogP) is 0.674. The molecule has 4 nitrogen and oxygen atoms in total. The molecule has 68 valence electrons. The zero-order valence-corrected chi connectivity index (χ0v) is 7.62. The van der Waals surface area contributed by atoms with Crippen LogP contribution >= 0.6 is 0 Å². The van der Waals surface area contributed by atoms with E-state index in [0.717, 1.165) is 16.5 Å². The van der Waals surface area contributed by atoms with Gasteiger partial charge in [0.1, 0.15) is 10.7 Å². The number of nitrogens with one attached hydrogen (secondary N) is 1. The van der Waals surface area contributed by atoms with E-state index in [1.54, 1.807) is 12.3 Å². The smallest absolute Gasteiger partial charge is 0.144 e. The van der Waals surface area contributed by atoms with Gasteiger partial charge >= 0.3 is 0 Å². The number of fused-ring (bicyclic) bond motifs is 1. The molecule has 0 atom stereocenters. The first-order valence-electron chi connectivity index (χ1n) is 3.79. The van der Waals surface area contributed by atoms with Crippen molar-refractivity contribution in [3.05, 3.63) is 30.0 Å². The maximum absolute atomic E-state index is 10.5. The molecule has 2 rings (SSSR count). The van der Waals surface area contributed by atoms with E-state index >= 15 is 0 Å². The lowest BCUT2D eigenvalue weighted by Gasteiger charge is -1.93. The molecule has 2 aromatic rings. The Morgan fingerprint density at radius 1 is 1.38 bits per heavy atom. The second-order valence-corrected chi connectivity index (χ2v) is 3.76. The van der Waals surface area contributed by atoms with Gasteiger partial charge in [0.2, 0.25) is 0 Å². The van der Waals surface area contributed by atoms with Crippen LogP contribution in [0.2, 0.25) is 0 Å². The Kier molecular flexibility index (Phi) is 2.02. The molecule has 0 aliphatic carbocycles. The van der Waals surface area contributed by atoms with Crippen molar-refractivity contribution in [1.29, 1.82) is 0 Å². The SMILES string of the molecule is O=[SH](=O)Cc1ccc2[nH]ncc2c1. The van der Waals surface area contributed by atoms with Gasteiger partial charge < -0.3 is 0 Å². The minimum absolute atomic E-state index is 0.0937. The van der Waals surface area contributed by atoms with Crippen molar-refractivity contribution < 1.29 is 8.42 Å². The van der Waals surface area contributed by atoms with Gasteiger partial charge in [-0.15, -0.1) is 0 Å². The van der Waals surface area contributed by atoms with Crippen molar-refractivity contribution in [1.82, 2.24) is 10.2 Å². The highest BCUT2D eigenvalue weighted by molar-refractivity contribution is 7.71. The van der Waals surface area contributed by atoms with Crippen LogP contribution in [0.1, 0.15) is 5.56 Å². The van der Waals surface area contributed by atoms with Gasteiger partial charge in [0.25, 0.3) is 0 Å². The fraction of sp³-hybridized carbons (Fsp3) is 0.125. The number of hydrogen-bond acceptors (Lipinski definition) is 3. The van der Waals surface area contributed by atoms with Crippen LogP contribution in [-0.2, 0) is 16.5 Å². The fourth-order valence-corrected chi connectivity index (χ4v) is 1.73. The van der Waals surface area contributed by atoms with E-state index in [0.29, 0.717) is 0 Å². The van der Waals surface area contributed by atoms with Crippen LogP contribution in [-0.4, -0.2) is 18.6 Å². The highest BCUT2D eigenvalue weighted by Gasteiger charge is 1.98. The van der Waals surface area contributed by atoms with Crippen LogP contribution in [0.5, 0.6) is 0 Å². The summed E-state index contributed by atoms with van der Waals surface area (Å²) in [5.74, 6) is 0.0937. The minimum Gasteiger partial charge on any atom is -0.278 e. The Morgan fingerprint density at radius 3 is 3.00 bits per heavy atom. The third kappa shape index (κ3) is 1.70. The third-order valence-electron chi connectivity index (χ3n) is 1.82. The Morgan fingerprint density at radius 2 is 2.23 bits per heavy atom. The summed E-state index contributed by atoms with van der Waals surface area (Å²) >= 11 is 0. The molecule has 13 heavy (non-hydrogen) atoms. The van der Waals surface area contributed by atoms with Crippen LogP contribution in [0.15, 0.2) is 24.4 Å². The zero-order chi connectivity index (χ0) is 9.26. The second kappa shape index (κ2) is 3.18. The van der Waals surface area contributed by atoms with Gasteiger partial charge in [-0.05, 0) is 17.7 Å². The summed E-state index contributed by atoms with van der Waals surface area (Å²) in [6, 6.07) is 5.44. The summed E-state index contributed by atoms with van der Waals surface area (Å²) in [6.45, 7) is 0. The topological polar surface area (TPSA) is 62.8 Å². The summed E-state index contributed by atoms with van der Waals surface area (Å²) < 4.78 is 20.9. The van der Waals surface area contributed by atoms with E-state index in [2.05, 4.69) is 10.2 Å². The molecular formula is C8H8N2O2S. The first-order chi connectivity index (χ1) is 6.25. The van der Waals surface area contributed by atoms with Crippen LogP contribution in [0.4, 0.5) is 0 Å². The third-order valence-corrected chi connectivity index (χ3v) is 2.44. The van der Waals surface area contributed by atoms with Crippen molar-refractivity contribution in [2.24, 2.45) is 0 Å². The maximum atomic E-state index is 10.5. The van der Waals surface area contributed by atoms with Gasteiger partial charge in [0.15, 0.2) is 0 Å². The number of rotatable bonds is 2. The van der Waals surface area contributed by atoms with Crippen LogP contribution < -0.4 is 0 Å². The zero-order valence-electron chi connectivity index (χ0n) is 6.73. The molecule has 0 saturated heterocycles. The average molecular weight is 196 g/mol. The number of hydrogen-bond donors (Lipinski definition) is 2. The average Bonchev–Trinajstić information content (AvgIpc) is 2.49. The van der Waals surface area contributed by atoms with Gasteiger partial charge in [0.05, 0.1) is 17.5 Å². The lowest BCUT2D eigenvalue weighted by molar-refractivity contribution is 0.614. The molecule has 1 aromatic heterocycles. The molecule has 0 saturated carbocycles. The summed E-state index contributed by atoms with van der Waals surface area (Å²) in [5.41, 5.74) is 1.72. The number of nitrogens with zero attached hydrogens (tertiary/aromatic N) is 1. The molecule has 0 radical (unpaired) electrons. The number of aromatic amines is 1. The molecule has 0 bridgehead atoms. The van der Waals surface area contributed by atoms with Crippen LogP contribution in [0, 0.1) is 0 Å². The van der Waals surface area contributed by atoms with Crippen molar-refractivity contribution in [3.63, 3.8) is 0 Å². The Labute approximate surface area is 76.5 Å². The maximum Gasteiger partial charge on any atom is 0.144 e. The fourth-order valence-electron chi connectivity index (χ4n) is 1.24. The minimum atomic E-state index is -2.35. The standard InChI is InChI=1S/C8H8N2O2S/c11-13(12)5-6-1-2-8-7(3-6)4-9-10-8/h1-4,13H,5H2,(H,9,10). The molecule has 1 N–H and O–H groups in total. The van der Waals surface area contributed by atoms with Gasteiger partial charge in [-0.2, -0.15) is 5.10 Å². The first kappa shape index (κ1) is 8.25. The number of thiol groups is 1. The summed E-state index contributed by atoms with van der Waals surface area (Å²) in [4.78, 5) is 0. The van der Waals surface area contributed by atoms with E-state index in [4.69, 9.17) is 0 Å². The molecule has 0 aliphatic rings. The summed E-state index contributed by atoms with van der Waals surface area (Å²) in [6.07, 6.45) is 1.68. The first-order valence-corrected chi connectivity index (χ1v) is 5.16. The molecule has 0 unspecified atom stereocenters. The monoisotopic (exact) mass is 196 g/mol. The predicted molar refractivity (Wildman–Crippen MR) is 50.1 cm³/mol. The highest BCUT2D eigenvalue weighted by atomic mass is 32.2. The van der Waals surface area contributed by atoms with Crippen molar-refractivity contribution in [2.45, 2.75) is 5.75 Å². The second-order valence-electron chi connectivity index (χ2n) is 2.78. The lowest BCUT2D eigenvalue weighted by Crippen LogP contribution is -1.85. The molecular weight excluding hydrogens is 188 g/mol. The van der Waals surface area contributed by atoms with Gasteiger partial charge in [0, 0.05) is 5.39 Å². The molecule has 0 spiro atoms. The summed E-state index contributed by atoms with van der Waals surface area (Å²) in [7, 11) is -2.35. The highest BCUT2D eigenvalue weighted by Crippen LogP contribution is 2.13. The molecule has 1 aromatic carbocycles. The van der Waals surface area contributed by atoms with Crippen molar-refractivity contribution in [2.75, 3.05) is 0 Å². The van der Waals surface area contributed by atoms with Gasteiger partial charge in [-0.25, -0.2) is 8.42 Å². The Hall–Kier alpha value is -1.36. The lowest BCUT2D eigenvalue weighted by atomic mass is 10.2. The molecule has 0 fully saturated rings. The van der Waals surface area contributed by atoms with Crippen LogP contribution in [0.25, 0.3) is 10.9 Å².